The van der Waals surface area contributed by atoms with Gasteiger partial charge in [0.25, 0.3) is 0 Å². The van der Waals surface area contributed by atoms with Crippen molar-refractivity contribution in [1.29, 1.82) is 0 Å². The van der Waals surface area contributed by atoms with Crippen molar-refractivity contribution >= 4 is 11.8 Å². The number of carboxylic acid groups (broad SMARTS) is 1. The Balaban J connectivity index is 1.83. The van der Waals surface area contributed by atoms with Crippen molar-refractivity contribution in [2.24, 2.45) is 5.92 Å². The van der Waals surface area contributed by atoms with Gasteiger partial charge in [0, 0.05) is 32.5 Å². The number of piperidine rings is 1. The van der Waals surface area contributed by atoms with Gasteiger partial charge in [0.2, 0.25) is 0 Å². The van der Waals surface area contributed by atoms with Crippen molar-refractivity contribution in [2.45, 2.75) is 32.1 Å². The molecular weight excluding hydrogens is 268 g/mol. The van der Waals surface area contributed by atoms with Crippen molar-refractivity contribution in [3.8, 4) is 0 Å². The van der Waals surface area contributed by atoms with Gasteiger partial charge in [-0.25, -0.2) is 9.78 Å². The summed E-state index contributed by atoms with van der Waals surface area (Å²) in [7, 11) is 1.73. The Hall–Kier alpha value is -1.62. The average molecular weight is 290 g/mol. The number of methoxy groups -OCH3 is 1. The van der Waals surface area contributed by atoms with Gasteiger partial charge in [-0.15, -0.1) is 0 Å². The van der Waals surface area contributed by atoms with Crippen LogP contribution in [-0.4, -0.2) is 42.9 Å². The molecule has 3 rings (SSSR count). The molecule has 114 valence electrons. The molecule has 0 saturated carbocycles. The molecule has 1 aromatic heterocycles. The first-order valence-corrected chi connectivity index (χ1v) is 7.69. The Bertz CT molecular complexity index is 537. The summed E-state index contributed by atoms with van der Waals surface area (Å²) in [5, 5.41) is 9.48. The van der Waals surface area contributed by atoms with Gasteiger partial charge in [-0.2, -0.15) is 0 Å². The Labute approximate surface area is 124 Å². The van der Waals surface area contributed by atoms with Crippen LogP contribution in [-0.2, 0) is 17.6 Å². The summed E-state index contributed by atoms with van der Waals surface area (Å²) in [5.41, 5.74) is 2.57. The zero-order valence-electron chi connectivity index (χ0n) is 12.5. The third kappa shape index (κ3) is 2.88. The molecule has 0 atom stereocenters. The molecule has 0 aromatic carbocycles. The topological polar surface area (TPSA) is 62.7 Å². The van der Waals surface area contributed by atoms with Crippen molar-refractivity contribution in [3.63, 3.8) is 0 Å². The largest absolute Gasteiger partial charge is 0.478 e. The third-order valence-corrected chi connectivity index (χ3v) is 4.58. The first-order chi connectivity index (χ1) is 10.2. The zero-order chi connectivity index (χ0) is 14.8. The van der Waals surface area contributed by atoms with Gasteiger partial charge >= 0.3 is 5.97 Å². The highest BCUT2D eigenvalue weighted by Crippen LogP contribution is 2.30. The van der Waals surface area contributed by atoms with Crippen molar-refractivity contribution in [1.82, 2.24) is 4.98 Å². The maximum absolute atomic E-state index is 11.5. The molecule has 1 aliphatic carbocycles. The summed E-state index contributed by atoms with van der Waals surface area (Å²) >= 11 is 0. The van der Waals surface area contributed by atoms with Crippen molar-refractivity contribution in [3.05, 3.63) is 22.9 Å². The van der Waals surface area contributed by atoms with E-state index in [0.29, 0.717) is 17.3 Å². The number of carboxylic acids is 1. The van der Waals surface area contributed by atoms with Crippen LogP contribution in [0.1, 0.15) is 40.9 Å². The smallest absolute Gasteiger partial charge is 0.339 e. The van der Waals surface area contributed by atoms with Crippen molar-refractivity contribution in [2.75, 3.05) is 31.7 Å². The number of anilines is 1. The van der Waals surface area contributed by atoms with E-state index in [0.717, 1.165) is 63.1 Å². The molecule has 21 heavy (non-hydrogen) atoms. The van der Waals surface area contributed by atoms with Crippen LogP contribution in [0.3, 0.4) is 0 Å². The number of carbonyl (C=O) groups is 1. The third-order valence-electron chi connectivity index (χ3n) is 4.58. The summed E-state index contributed by atoms with van der Waals surface area (Å²) in [6.07, 6.45) is 5.08. The number of rotatable bonds is 4. The van der Waals surface area contributed by atoms with Gasteiger partial charge in [0.1, 0.15) is 11.4 Å². The van der Waals surface area contributed by atoms with Crippen LogP contribution in [0.4, 0.5) is 5.82 Å². The van der Waals surface area contributed by atoms with Gasteiger partial charge in [0.15, 0.2) is 0 Å². The Morgan fingerprint density at radius 3 is 2.86 bits per heavy atom. The van der Waals surface area contributed by atoms with Gasteiger partial charge < -0.3 is 14.7 Å². The lowest BCUT2D eigenvalue weighted by molar-refractivity contribution is 0.0696. The fraction of sp³-hybridized carbons (Fsp3) is 0.625. The molecule has 2 heterocycles. The van der Waals surface area contributed by atoms with Gasteiger partial charge in [-0.3, -0.25) is 0 Å². The normalized spacial score (nSPS) is 18.8. The van der Waals surface area contributed by atoms with E-state index in [4.69, 9.17) is 4.74 Å². The fourth-order valence-corrected chi connectivity index (χ4v) is 3.41. The fourth-order valence-electron chi connectivity index (χ4n) is 3.41. The number of aromatic carboxylic acids is 1. The second kappa shape index (κ2) is 6.02. The summed E-state index contributed by atoms with van der Waals surface area (Å²) in [6, 6.07) is 1.84. The molecule has 5 heteroatoms. The molecule has 1 fully saturated rings. The van der Waals surface area contributed by atoms with Crippen LogP contribution in [0.5, 0.6) is 0 Å². The monoisotopic (exact) mass is 290 g/mol. The average Bonchev–Trinajstić information content (AvgIpc) is 2.94. The molecule has 1 N–H and O–H groups in total. The number of nitrogens with zero attached hydrogens (tertiary/aromatic N) is 2. The van der Waals surface area contributed by atoms with E-state index >= 15 is 0 Å². The van der Waals surface area contributed by atoms with Crippen LogP contribution >= 0.6 is 0 Å². The Kier molecular flexibility index (Phi) is 4.10. The predicted octanol–water partition coefficient (Wildman–Crippen LogP) is 2.13. The van der Waals surface area contributed by atoms with E-state index in [1.165, 1.54) is 0 Å². The first-order valence-electron chi connectivity index (χ1n) is 7.69. The SMILES string of the molecule is COCC1CCN(c2nc3c(cc2C(=O)O)CCC3)CC1. The molecule has 1 aromatic rings. The van der Waals surface area contributed by atoms with Gasteiger partial charge in [-0.1, -0.05) is 0 Å². The highest BCUT2D eigenvalue weighted by atomic mass is 16.5. The van der Waals surface area contributed by atoms with Crippen LogP contribution in [0.15, 0.2) is 6.07 Å². The first kappa shape index (κ1) is 14.3. The second-order valence-corrected chi connectivity index (χ2v) is 6.01. The van der Waals surface area contributed by atoms with E-state index < -0.39 is 5.97 Å². The predicted molar refractivity (Wildman–Crippen MR) is 80.0 cm³/mol. The number of ether oxygens (including phenoxy) is 1. The standard InChI is InChI=1S/C16H22N2O3/c1-21-10-11-5-7-18(8-6-11)15-13(16(19)20)9-12-3-2-4-14(12)17-15/h9,11H,2-8,10H2,1H3,(H,19,20). The molecule has 0 radical (unpaired) electrons. The highest BCUT2D eigenvalue weighted by molar-refractivity contribution is 5.93. The molecule has 5 nitrogen and oxygen atoms in total. The minimum Gasteiger partial charge on any atom is -0.478 e. The molecule has 1 saturated heterocycles. The Morgan fingerprint density at radius 2 is 2.19 bits per heavy atom. The zero-order valence-corrected chi connectivity index (χ0v) is 12.5. The number of hydrogen-bond acceptors (Lipinski definition) is 4. The summed E-state index contributed by atoms with van der Waals surface area (Å²) in [4.78, 5) is 18.4. The lowest BCUT2D eigenvalue weighted by Gasteiger charge is -2.33. The second-order valence-electron chi connectivity index (χ2n) is 6.01. The molecule has 1 aliphatic heterocycles. The molecule has 2 aliphatic rings. The molecular formula is C16H22N2O3. The van der Waals surface area contributed by atoms with Crippen LogP contribution in [0.25, 0.3) is 0 Å². The Morgan fingerprint density at radius 1 is 1.43 bits per heavy atom. The summed E-state index contributed by atoms with van der Waals surface area (Å²) in [5.74, 6) is 0.374. The number of fused-ring (bicyclic) bond motifs is 1. The van der Waals surface area contributed by atoms with Crippen LogP contribution in [0.2, 0.25) is 0 Å². The minimum absolute atomic E-state index is 0.362. The number of hydrogen-bond donors (Lipinski definition) is 1. The number of aromatic nitrogens is 1. The maximum atomic E-state index is 11.5. The molecule has 0 bridgehead atoms. The van der Waals surface area contributed by atoms with E-state index in [9.17, 15) is 9.90 Å². The van der Waals surface area contributed by atoms with E-state index in [2.05, 4.69) is 9.88 Å². The van der Waals surface area contributed by atoms with Crippen molar-refractivity contribution < 1.29 is 14.6 Å². The van der Waals surface area contributed by atoms with E-state index in [1.54, 1.807) is 7.11 Å². The maximum Gasteiger partial charge on any atom is 0.339 e. The lowest BCUT2D eigenvalue weighted by Crippen LogP contribution is -2.36. The molecule has 0 amide bonds. The van der Waals surface area contributed by atoms with Gasteiger partial charge in [0.05, 0.1) is 0 Å². The highest BCUT2D eigenvalue weighted by Gasteiger charge is 2.26. The van der Waals surface area contributed by atoms with E-state index in [1.807, 2.05) is 6.07 Å². The lowest BCUT2D eigenvalue weighted by atomic mass is 9.97. The van der Waals surface area contributed by atoms with Crippen LogP contribution < -0.4 is 4.90 Å². The van der Waals surface area contributed by atoms with Gasteiger partial charge in [-0.05, 0) is 49.7 Å². The minimum atomic E-state index is -0.869. The van der Waals surface area contributed by atoms with E-state index in [-0.39, 0.29) is 0 Å². The van der Waals surface area contributed by atoms with Crippen LogP contribution in [0, 0.1) is 5.92 Å². The summed E-state index contributed by atoms with van der Waals surface area (Å²) in [6.45, 7) is 2.51. The molecule has 0 spiro atoms. The summed E-state index contributed by atoms with van der Waals surface area (Å²) < 4.78 is 5.22. The number of pyridine rings is 1. The number of aryl methyl sites for hydroxylation is 2. The molecule has 0 unspecified atom stereocenters. The quantitative estimate of drug-likeness (QED) is 0.920.